The third kappa shape index (κ3) is 2.40. The average Bonchev–Trinajstić information content (AvgIpc) is 2.71. The molecule has 4 nitrogen and oxygen atoms in total. The summed E-state index contributed by atoms with van der Waals surface area (Å²) >= 11 is 0. The van der Waals surface area contributed by atoms with Crippen molar-refractivity contribution in [3.8, 4) is 0 Å². The van der Waals surface area contributed by atoms with Gasteiger partial charge in [-0.2, -0.15) is 0 Å². The smallest absolute Gasteiger partial charge is 0.112 e. The Bertz CT molecular complexity index is 529. The van der Waals surface area contributed by atoms with Crippen molar-refractivity contribution >= 4 is 11.0 Å². The first-order valence-corrected chi connectivity index (χ1v) is 6.38. The maximum absolute atomic E-state index is 5.68. The Labute approximate surface area is 108 Å². The van der Waals surface area contributed by atoms with Crippen molar-refractivity contribution in [3.63, 3.8) is 0 Å². The van der Waals surface area contributed by atoms with Gasteiger partial charge in [-0.25, -0.2) is 4.98 Å². The number of hydrogen-bond acceptors (Lipinski definition) is 3. The minimum absolute atomic E-state index is 0.0354. The van der Waals surface area contributed by atoms with E-state index in [-0.39, 0.29) is 6.10 Å². The second-order valence-corrected chi connectivity index (χ2v) is 4.56. The van der Waals surface area contributed by atoms with Gasteiger partial charge in [-0.05, 0) is 31.5 Å². The van der Waals surface area contributed by atoms with E-state index in [1.54, 1.807) is 7.11 Å². The number of benzene rings is 1. The fraction of sp³-hybridized carbons (Fsp3) is 0.500. The summed E-state index contributed by atoms with van der Waals surface area (Å²) in [5.41, 5.74) is 9.15. The van der Waals surface area contributed by atoms with E-state index in [1.807, 2.05) is 0 Å². The summed E-state index contributed by atoms with van der Waals surface area (Å²) < 4.78 is 7.58. The first kappa shape index (κ1) is 13.1. The molecule has 0 aliphatic carbocycles. The van der Waals surface area contributed by atoms with E-state index in [1.165, 1.54) is 11.1 Å². The lowest BCUT2D eigenvalue weighted by Crippen LogP contribution is -2.26. The zero-order chi connectivity index (χ0) is 13.1. The molecule has 0 radical (unpaired) electrons. The molecule has 0 bridgehead atoms. The molecule has 1 atom stereocenters. The topological polar surface area (TPSA) is 53.1 Å². The quantitative estimate of drug-likeness (QED) is 0.877. The lowest BCUT2D eigenvalue weighted by atomic mass is 10.2. The van der Waals surface area contributed by atoms with E-state index < -0.39 is 0 Å². The van der Waals surface area contributed by atoms with Crippen molar-refractivity contribution in [3.05, 3.63) is 29.6 Å². The Morgan fingerprint density at radius 3 is 2.83 bits per heavy atom. The van der Waals surface area contributed by atoms with Crippen LogP contribution in [0.5, 0.6) is 0 Å². The minimum atomic E-state index is 0.0354. The summed E-state index contributed by atoms with van der Waals surface area (Å²) in [4.78, 5) is 4.71. The van der Waals surface area contributed by atoms with Crippen LogP contribution in [0.1, 0.15) is 18.3 Å². The number of methoxy groups -OCH3 is 1. The third-order valence-electron chi connectivity index (χ3n) is 3.31. The van der Waals surface area contributed by atoms with Crippen molar-refractivity contribution in [2.45, 2.75) is 32.9 Å². The first-order valence-electron chi connectivity index (χ1n) is 6.38. The summed E-state index contributed by atoms with van der Waals surface area (Å²) in [5, 5.41) is 0. The lowest BCUT2D eigenvalue weighted by Gasteiger charge is -2.13. The molecule has 0 saturated heterocycles. The Balaban J connectivity index is 2.43. The largest absolute Gasteiger partial charge is 0.380 e. The normalized spacial score (nSPS) is 13.1. The van der Waals surface area contributed by atoms with Gasteiger partial charge in [0.1, 0.15) is 5.82 Å². The van der Waals surface area contributed by atoms with Gasteiger partial charge >= 0.3 is 0 Å². The number of fused-ring (bicyclic) bond motifs is 1. The van der Waals surface area contributed by atoms with Gasteiger partial charge in [-0.3, -0.25) is 0 Å². The van der Waals surface area contributed by atoms with E-state index >= 15 is 0 Å². The van der Waals surface area contributed by atoms with Crippen molar-refractivity contribution in [1.29, 1.82) is 0 Å². The Morgan fingerprint density at radius 2 is 2.22 bits per heavy atom. The number of imidazole rings is 1. The predicted octanol–water partition coefficient (Wildman–Crippen LogP) is 1.88. The molecule has 1 unspecified atom stereocenters. The van der Waals surface area contributed by atoms with Gasteiger partial charge in [0, 0.05) is 26.6 Å². The second-order valence-electron chi connectivity index (χ2n) is 4.56. The Kier molecular flexibility index (Phi) is 3.99. The van der Waals surface area contributed by atoms with Crippen LogP contribution in [0, 0.1) is 6.92 Å². The van der Waals surface area contributed by atoms with Crippen LogP contribution in [-0.2, 0) is 17.7 Å². The van der Waals surface area contributed by atoms with Crippen LogP contribution >= 0.6 is 0 Å². The van der Waals surface area contributed by atoms with Crippen molar-refractivity contribution in [2.75, 3.05) is 13.7 Å². The highest BCUT2D eigenvalue weighted by Crippen LogP contribution is 2.19. The predicted molar refractivity (Wildman–Crippen MR) is 73.7 cm³/mol. The highest BCUT2D eigenvalue weighted by molar-refractivity contribution is 5.76. The molecule has 4 heteroatoms. The molecule has 0 amide bonds. The molecule has 2 N–H and O–H groups in total. The Hall–Kier alpha value is -1.39. The molecule has 1 heterocycles. The lowest BCUT2D eigenvalue weighted by molar-refractivity contribution is 0.107. The first-order chi connectivity index (χ1) is 8.69. The zero-order valence-corrected chi connectivity index (χ0v) is 11.3. The number of nitrogens with zero attached hydrogens (tertiary/aromatic N) is 2. The number of hydrogen-bond donors (Lipinski definition) is 1. The third-order valence-corrected chi connectivity index (χ3v) is 3.31. The standard InChI is InChI=1S/C14H21N3O/c1-4-17-13-6-5-10(2)7-12(13)16-14(17)8-11(9-15)18-3/h5-7,11H,4,8-9,15H2,1-3H3. The van der Waals surface area contributed by atoms with Crippen LogP contribution in [0.2, 0.25) is 0 Å². The maximum Gasteiger partial charge on any atom is 0.112 e. The summed E-state index contributed by atoms with van der Waals surface area (Å²) in [6.07, 6.45) is 0.794. The molecule has 0 saturated carbocycles. The van der Waals surface area contributed by atoms with Crippen molar-refractivity contribution in [1.82, 2.24) is 9.55 Å². The summed E-state index contributed by atoms with van der Waals surface area (Å²) in [6, 6.07) is 6.38. The zero-order valence-electron chi connectivity index (χ0n) is 11.3. The molecule has 2 rings (SSSR count). The SMILES string of the molecule is CCn1c(CC(CN)OC)nc2cc(C)ccc21. The van der Waals surface area contributed by atoms with E-state index in [0.29, 0.717) is 6.54 Å². The highest BCUT2D eigenvalue weighted by Gasteiger charge is 2.14. The Morgan fingerprint density at radius 1 is 1.44 bits per heavy atom. The van der Waals surface area contributed by atoms with Crippen LogP contribution in [0.15, 0.2) is 18.2 Å². The van der Waals surface area contributed by atoms with Crippen LogP contribution in [0.4, 0.5) is 0 Å². The summed E-state index contributed by atoms with van der Waals surface area (Å²) in [6.45, 7) is 5.65. The van der Waals surface area contributed by atoms with Gasteiger partial charge in [0.2, 0.25) is 0 Å². The van der Waals surface area contributed by atoms with Gasteiger partial charge < -0.3 is 15.0 Å². The number of rotatable bonds is 5. The van der Waals surface area contributed by atoms with Gasteiger partial charge in [0.05, 0.1) is 17.1 Å². The fourth-order valence-electron chi connectivity index (χ4n) is 2.26. The second kappa shape index (κ2) is 5.50. The number of nitrogens with two attached hydrogens (primary N) is 1. The molecule has 0 aliphatic heterocycles. The van der Waals surface area contributed by atoms with Crippen LogP contribution < -0.4 is 5.73 Å². The van der Waals surface area contributed by atoms with Crippen molar-refractivity contribution < 1.29 is 4.74 Å². The molecule has 0 fully saturated rings. The maximum atomic E-state index is 5.68. The minimum Gasteiger partial charge on any atom is -0.380 e. The number of aryl methyl sites for hydroxylation is 2. The van der Waals surface area contributed by atoms with E-state index in [0.717, 1.165) is 24.3 Å². The number of aromatic nitrogens is 2. The van der Waals surface area contributed by atoms with Crippen LogP contribution in [0.25, 0.3) is 11.0 Å². The highest BCUT2D eigenvalue weighted by atomic mass is 16.5. The molecule has 0 aliphatic rings. The van der Waals surface area contributed by atoms with Gasteiger partial charge in [-0.1, -0.05) is 6.07 Å². The average molecular weight is 247 g/mol. The summed E-state index contributed by atoms with van der Waals surface area (Å²) in [5.74, 6) is 1.05. The van der Waals surface area contributed by atoms with Gasteiger partial charge in [0.15, 0.2) is 0 Å². The molecule has 1 aromatic carbocycles. The molecule has 2 aromatic rings. The van der Waals surface area contributed by atoms with E-state index in [4.69, 9.17) is 15.5 Å². The molecule has 1 aromatic heterocycles. The van der Waals surface area contributed by atoms with Crippen LogP contribution in [-0.4, -0.2) is 29.3 Å². The molecule has 98 valence electrons. The van der Waals surface area contributed by atoms with Crippen LogP contribution in [0.3, 0.4) is 0 Å². The van der Waals surface area contributed by atoms with E-state index in [2.05, 4.69) is 36.6 Å². The van der Waals surface area contributed by atoms with Gasteiger partial charge in [0.25, 0.3) is 0 Å². The van der Waals surface area contributed by atoms with Gasteiger partial charge in [-0.15, -0.1) is 0 Å². The van der Waals surface area contributed by atoms with Crippen molar-refractivity contribution in [2.24, 2.45) is 5.73 Å². The monoisotopic (exact) mass is 247 g/mol. The summed E-state index contributed by atoms with van der Waals surface area (Å²) in [7, 11) is 1.70. The molecular weight excluding hydrogens is 226 g/mol. The van der Waals surface area contributed by atoms with E-state index in [9.17, 15) is 0 Å². The fourth-order valence-corrected chi connectivity index (χ4v) is 2.26. The number of ether oxygens (including phenoxy) is 1. The molecule has 0 spiro atoms. The molecule has 18 heavy (non-hydrogen) atoms. The molecular formula is C14H21N3O.